The second kappa shape index (κ2) is 7.75. The smallest absolute Gasteiger partial charge is 0.216 e. The number of aromatic nitrogens is 3. The van der Waals surface area contributed by atoms with Crippen molar-refractivity contribution in [3.63, 3.8) is 0 Å². The van der Waals surface area contributed by atoms with Gasteiger partial charge in [0.1, 0.15) is 18.1 Å². The van der Waals surface area contributed by atoms with Crippen molar-refractivity contribution in [1.29, 1.82) is 0 Å². The molecule has 0 bridgehead atoms. The van der Waals surface area contributed by atoms with E-state index >= 15 is 0 Å². The van der Waals surface area contributed by atoms with Crippen molar-refractivity contribution in [2.24, 2.45) is 5.10 Å². The van der Waals surface area contributed by atoms with Crippen LogP contribution in [0, 0.1) is 32.5 Å². The van der Waals surface area contributed by atoms with E-state index in [1.165, 1.54) is 0 Å². The molecule has 0 aliphatic heterocycles. The summed E-state index contributed by atoms with van der Waals surface area (Å²) in [5.74, 6) is 1.72. The van der Waals surface area contributed by atoms with Gasteiger partial charge in [-0.15, -0.1) is 0 Å². The average Bonchev–Trinajstić information content (AvgIpc) is 2.97. The van der Waals surface area contributed by atoms with Crippen molar-refractivity contribution in [1.82, 2.24) is 14.9 Å². The first kappa shape index (κ1) is 18.8. The fraction of sp³-hybridized carbons (Fsp3) is 0.250. The second-order valence-electron chi connectivity index (χ2n) is 6.51. The molecule has 0 saturated carbocycles. The van der Waals surface area contributed by atoms with E-state index in [9.17, 15) is 5.11 Å². The first-order chi connectivity index (χ1) is 12.9. The normalized spacial score (nSPS) is 11.3. The van der Waals surface area contributed by atoms with Crippen molar-refractivity contribution >= 4 is 18.4 Å². The van der Waals surface area contributed by atoms with Crippen molar-refractivity contribution in [2.75, 3.05) is 0 Å². The molecule has 140 valence electrons. The number of ether oxygens (including phenoxy) is 1. The number of H-pyrrole nitrogens is 1. The van der Waals surface area contributed by atoms with Crippen molar-refractivity contribution in [3.05, 3.63) is 68.7 Å². The summed E-state index contributed by atoms with van der Waals surface area (Å²) in [6.45, 7) is 7.96. The Morgan fingerprint density at radius 2 is 1.78 bits per heavy atom. The number of phenolic OH excluding ortho intramolecular Hbond substituents is 1. The second-order valence-corrected chi connectivity index (χ2v) is 6.90. The van der Waals surface area contributed by atoms with Gasteiger partial charge >= 0.3 is 0 Å². The number of rotatable bonds is 5. The van der Waals surface area contributed by atoms with Crippen LogP contribution in [-0.2, 0) is 6.61 Å². The van der Waals surface area contributed by atoms with Gasteiger partial charge in [-0.25, -0.2) is 5.10 Å². The van der Waals surface area contributed by atoms with Crippen LogP contribution in [0.2, 0.25) is 0 Å². The Labute approximate surface area is 163 Å². The van der Waals surface area contributed by atoms with E-state index in [1.807, 2.05) is 58.0 Å². The number of nitrogens with zero attached hydrogens (tertiary/aromatic N) is 3. The quantitative estimate of drug-likeness (QED) is 0.508. The fourth-order valence-electron chi connectivity index (χ4n) is 2.89. The van der Waals surface area contributed by atoms with Crippen LogP contribution in [0.4, 0.5) is 0 Å². The minimum atomic E-state index is 0.240. The Kier molecular flexibility index (Phi) is 5.41. The number of aromatic amines is 1. The Bertz CT molecular complexity index is 1020. The summed E-state index contributed by atoms with van der Waals surface area (Å²) >= 11 is 5.28. The van der Waals surface area contributed by atoms with Gasteiger partial charge in [0, 0.05) is 0 Å². The Hall–Kier alpha value is -2.93. The van der Waals surface area contributed by atoms with Crippen molar-refractivity contribution < 1.29 is 9.84 Å². The molecule has 1 heterocycles. The molecule has 0 saturated heterocycles. The minimum absolute atomic E-state index is 0.240. The molecule has 3 rings (SSSR count). The number of phenols is 1. The van der Waals surface area contributed by atoms with Gasteiger partial charge in [-0.3, -0.25) is 0 Å². The number of hydrogen-bond acceptors (Lipinski definition) is 5. The van der Waals surface area contributed by atoms with E-state index in [4.69, 9.17) is 17.0 Å². The van der Waals surface area contributed by atoms with Gasteiger partial charge < -0.3 is 9.84 Å². The summed E-state index contributed by atoms with van der Waals surface area (Å²) in [5, 5.41) is 21.3. The van der Waals surface area contributed by atoms with Crippen LogP contribution in [0.5, 0.6) is 11.5 Å². The third kappa shape index (κ3) is 4.09. The van der Waals surface area contributed by atoms with Gasteiger partial charge in [0.15, 0.2) is 5.82 Å². The first-order valence-electron chi connectivity index (χ1n) is 8.56. The minimum Gasteiger partial charge on any atom is -0.507 e. The highest BCUT2D eigenvalue weighted by atomic mass is 32.1. The molecule has 7 heteroatoms. The lowest BCUT2D eigenvalue weighted by Crippen LogP contribution is -2.05. The third-order valence-electron chi connectivity index (χ3n) is 4.31. The summed E-state index contributed by atoms with van der Waals surface area (Å²) in [4.78, 5) is 0. The molecular formula is C20H22N4O2S. The van der Waals surface area contributed by atoms with Crippen molar-refractivity contribution in [3.8, 4) is 11.5 Å². The lowest BCUT2D eigenvalue weighted by Gasteiger charge is -2.11. The van der Waals surface area contributed by atoms with Crippen LogP contribution < -0.4 is 4.74 Å². The molecule has 27 heavy (non-hydrogen) atoms. The predicted molar refractivity (Wildman–Crippen MR) is 108 cm³/mol. The van der Waals surface area contributed by atoms with Crippen LogP contribution in [0.3, 0.4) is 0 Å². The molecule has 0 aliphatic rings. The molecule has 6 nitrogen and oxygen atoms in total. The van der Waals surface area contributed by atoms with E-state index in [0.717, 1.165) is 33.6 Å². The van der Waals surface area contributed by atoms with Crippen LogP contribution in [0.1, 0.15) is 33.6 Å². The van der Waals surface area contributed by atoms with E-state index in [1.54, 1.807) is 10.9 Å². The van der Waals surface area contributed by atoms with E-state index in [2.05, 4.69) is 15.3 Å². The van der Waals surface area contributed by atoms with Crippen molar-refractivity contribution in [2.45, 2.75) is 34.3 Å². The number of para-hydroxylation sites is 1. The zero-order valence-corrected chi connectivity index (χ0v) is 16.6. The molecule has 0 atom stereocenters. The predicted octanol–water partition coefficient (Wildman–Crippen LogP) is 4.34. The van der Waals surface area contributed by atoms with Crippen LogP contribution in [-0.4, -0.2) is 26.2 Å². The summed E-state index contributed by atoms with van der Waals surface area (Å²) in [5.41, 5.74) is 4.59. The Morgan fingerprint density at radius 1 is 1.15 bits per heavy atom. The maximum absolute atomic E-state index is 9.90. The highest BCUT2D eigenvalue weighted by molar-refractivity contribution is 7.71. The summed E-state index contributed by atoms with van der Waals surface area (Å²) < 4.78 is 7.89. The topological polar surface area (TPSA) is 75.4 Å². The van der Waals surface area contributed by atoms with E-state index in [0.29, 0.717) is 16.3 Å². The summed E-state index contributed by atoms with van der Waals surface area (Å²) in [6.07, 6.45) is 1.69. The van der Waals surface area contributed by atoms with Crippen LogP contribution in [0.25, 0.3) is 0 Å². The average molecular weight is 382 g/mol. The molecule has 1 aromatic heterocycles. The van der Waals surface area contributed by atoms with E-state index in [-0.39, 0.29) is 6.61 Å². The number of nitrogens with one attached hydrogen (secondary N) is 1. The van der Waals surface area contributed by atoms with Gasteiger partial charge in [0.05, 0.1) is 6.21 Å². The molecule has 3 aromatic rings. The largest absolute Gasteiger partial charge is 0.507 e. The van der Waals surface area contributed by atoms with Gasteiger partial charge in [-0.2, -0.15) is 14.9 Å². The SMILES string of the molecule is Cc1cc(/C=N/n2c(COc3c(C)cccc3C)n[nH]c2=S)cc(C)c1O. The number of benzene rings is 2. The maximum Gasteiger partial charge on any atom is 0.216 e. The summed E-state index contributed by atoms with van der Waals surface area (Å²) in [6, 6.07) is 9.74. The van der Waals surface area contributed by atoms with Gasteiger partial charge in [-0.05, 0) is 79.9 Å². The zero-order valence-electron chi connectivity index (χ0n) is 15.8. The molecule has 2 N–H and O–H groups in total. The monoisotopic (exact) mass is 382 g/mol. The Balaban J connectivity index is 1.84. The molecule has 0 fully saturated rings. The molecule has 0 amide bonds. The molecule has 0 radical (unpaired) electrons. The summed E-state index contributed by atoms with van der Waals surface area (Å²) in [7, 11) is 0. The maximum atomic E-state index is 9.90. The van der Waals surface area contributed by atoms with Gasteiger partial charge in [0.25, 0.3) is 0 Å². The fourth-order valence-corrected chi connectivity index (χ4v) is 3.09. The number of hydrogen-bond donors (Lipinski definition) is 2. The molecule has 0 unspecified atom stereocenters. The van der Waals surface area contributed by atoms with Crippen LogP contribution in [0.15, 0.2) is 35.4 Å². The molecule has 0 spiro atoms. The first-order valence-corrected chi connectivity index (χ1v) is 8.97. The zero-order chi connectivity index (χ0) is 19.6. The van der Waals surface area contributed by atoms with E-state index < -0.39 is 0 Å². The lowest BCUT2D eigenvalue weighted by molar-refractivity contribution is 0.287. The molecule has 2 aromatic carbocycles. The lowest BCUT2D eigenvalue weighted by atomic mass is 10.1. The Morgan fingerprint density at radius 3 is 2.41 bits per heavy atom. The standard InChI is InChI=1S/C20H22N4O2S/c1-12-6-5-7-13(2)19(12)26-11-17-22-23-20(27)24(17)21-10-16-8-14(3)18(25)15(4)9-16/h5-10,25H,11H2,1-4H3,(H,23,27)/b21-10+. The third-order valence-corrected chi connectivity index (χ3v) is 4.57. The van der Waals surface area contributed by atoms with Crippen LogP contribution >= 0.6 is 12.2 Å². The number of aromatic hydroxyl groups is 1. The molecular weight excluding hydrogens is 360 g/mol. The number of aryl methyl sites for hydroxylation is 4. The highest BCUT2D eigenvalue weighted by Crippen LogP contribution is 2.24. The molecule has 0 aliphatic carbocycles. The van der Waals surface area contributed by atoms with Gasteiger partial charge in [0.2, 0.25) is 4.77 Å². The van der Waals surface area contributed by atoms with Gasteiger partial charge in [-0.1, -0.05) is 18.2 Å². The highest BCUT2D eigenvalue weighted by Gasteiger charge is 2.09.